The highest BCUT2D eigenvalue weighted by atomic mass is 79.9. The molecule has 0 spiro atoms. The van der Waals surface area contributed by atoms with Crippen LogP contribution in [0, 0.1) is 0 Å². The number of aryl methyl sites for hydroxylation is 2. The molecule has 6 nitrogen and oxygen atoms in total. The molecule has 2 aromatic rings. The average molecular weight is 370 g/mol. The first-order valence-corrected chi connectivity index (χ1v) is 7.17. The normalized spacial score (nSPS) is 10.0. The molecule has 0 radical (unpaired) electrons. The predicted octanol–water partition coefficient (Wildman–Crippen LogP) is -1.26. The van der Waals surface area contributed by atoms with Crippen LogP contribution < -0.4 is 26.3 Å². The zero-order chi connectivity index (χ0) is 14.9. The molecule has 0 fully saturated rings. The minimum absolute atomic E-state index is 0. The van der Waals surface area contributed by atoms with Crippen LogP contribution in [0.4, 0.5) is 0 Å². The van der Waals surface area contributed by atoms with Gasteiger partial charge < -0.3 is 26.2 Å². The van der Waals surface area contributed by atoms with Crippen molar-refractivity contribution in [2.75, 3.05) is 6.61 Å². The zero-order valence-electron chi connectivity index (χ0n) is 12.6. The second-order valence-electron chi connectivity index (χ2n) is 4.79. The van der Waals surface area contributed by atoms with Crippen LogP contribution in [0.2, 0.25) is 0 Å². The van der Waals surface area contributed by atoms with Gasteiger partial charge >= 0.3 is 0 Å². The predicted molar refractivity (Wildman–Crippen MR) is 74.7 cm³/mol. The molecule has 0 saturated heterocycles. The molecule has 0 unspecified atom stereocenters. The van der Waals surface area contributed by atoms with Crippen molar-refractivity contribution in [3.05, 3.63) is 36.7 Å². The Balaban J connectivity index is 0.00000242. The van der Waals surface area contributed by atoms with Crippen molar-refractivity contribution in [2.45, 2.75) is 39.2 Å². The van der Waals surface area contributed by atoms with E-state index in [1.807, 2.05) is 24.5 Å². The van der Waals surface area contributed by atoms with E-state index in [4.69, 9.17) is 9.26 Å². The summed E-state index contributed by atoms with van der Waals surface area (Å²) in [6.45, 7) is 3.21. The van der Waals surface area contributed by atoms with E-state index in [1.54, 1.807) is 0 Å². The number of nitrogens with zero attached hydrogens (tertiary/aromatic N) is 3. The van der Waals surface area contributed by atoms with Crippen LogP contribution in [0.15, 0.2) is 35.4 Å². The number of rotatable bonds is 9. The van der Waals surface area contributed by atoms with Crippen LogP contribution in [0.1, 0.15) is 32.1 Å². The molecule has 22 heavy (non-hydrogen) atoms. The Morgan fingerprint density at radius 3 is 2.77 bits per heavy atom. The molecule has 7 heteroatoms. The van der Waals surface area contributed by atoms with E-state index in [0.29, 0.717) is 30.9 Å². The Morgan fingerprint density at radius 1 is 1.36 bits per heavy atom. The van der Waals surface area contributed by atoms with Crippen molar-refractivity contribution in [2.24, 2.45) is 0 Å². The van der Waals surface area contributed by atoms with E-state index in [9.17, 15) is 4.79 Å². The smallest absolute Gasteiger partial charge is 0.226 e. The minimum Gasteiger partial charge on any atom is -1.00 e. The Morgan fingerprint density at radius 2 is 2.14 bits per heavy atom. The number of hydrogen-bond acceptors (Lipinski definition) is 5. The number of hydrogen-bond donors (Lipinski definition) is 0. The molecule has 0 aliphatic heterocycles. The lowest BCUT2D eigenvalue weighted by Gasteiger charge is -2.04. The van der Waals surface area contributed by atoms with Gasteiger partial charge in [-0.05, 0) is 6.42 Å². The monoisotopic (exact) mass is 369 g/mol. The number of ketones is 1. The maximum atomic E-state index is 11.7. The first-order valence-electron chi connectivity index (χ1n) is 7.17. The fourth-order valence-electron chi connectivity index (χ4n) is 1.93. The zero-order valence-corrected chi connectivity index (χ0v) is 14.2. The highest BCUT2D eigenvalue weighted by molar-refractivity contribution is 5.79. The third-order valence-electron chi connectivity index (χ3n) is 3.00. The summed E-state index contributed by atoms with van der Waals surface area (Å²) in [4.78, 5) is 15.6. The number of carbonyl (C=O) groups excluding carboxylic acids is 1. The SMILES string of the molecule is CCC[n+]1ccc(OCC(=O)CCCc2ncno2)cc1.[Br-]. The van der Waals surface area contributed by atoms with Gasteiger partial charge in [-0.1, -0.05) is 12.1 Å². The number of ether oxygens (including phenoxy) is 1. The van der Waals surface area contributed by atoms with Crippen molar-refractivity contribution in [3.8, 4) is 5.75 Å². The van der Waals surface area contributed by atoms with E-state index in [0.717, 1.165) is 13.0 Å². The van der Waals surface area contributed by atoms with Crippen molar-refractivity contribution in [1.82, 2.24) is 10.1 Å². The van der Waals surface area contributed by atoms with E-state index < -0.39 is 0 Å². The maximum absolute atomic E-state index is 11.7. The summed E-state index contributed by atoms with van der Waals surface area (Å²) in [7, 11) is 0. The summed E-state index contributed by atoms with van der Waals surface area (Å²) >= 11 is 0. The van der Waals surface area contributed by atoms with E-state index in [-0.39, 0.29) is 29.4 Å². The number of aromatic nitrogens is 3. The molecule has 2 heterocycles. The first-order chi connectivity index (χ1) is 10.3. The Hall–Kier alpha value is -1.76. The fraction of sp³-hybridized carbons (Fsp3) is 0.467. The van der Waals surface area contributed by atoms with Crippen molar-refractivity contribution >= 4 is 5.78 Å². The molecule has 0 atom stereocenters. The van der Waals surface area contributed by atoms with Gasteiger partial charge in [0.05, 0.1) is 0 Å². The summed E-state index contributed by atoms with van der Waals surface area (Å²) in [5.74, 6) is 1.35. The van der Waals surface area contributed by atoms with Crippen LogP contribution in [-0.4, -0.2) is 22.5 Å². The van der Waals surface area contributed by atoms with Crippen LogP contribution in [0.3, 0.4) is 0 Å². The second-order valence-corrected chi connectivity index (χ2v) is 4.79. The van der Waals surface area contributed by atoms with E-state index in [1.165, 1.54) is 6.33 Å². The quantitative estimate of drug-likeness (QED) is 0.516. The lowest BCUT2D eigenvalue weighted by molar-refractivity contribution is -0.697. The van der Waals surface area contributed by atoms with Gasteiger partial charge in [-0.3, -0.25) is 4.79 Å². The molecule has 120 valence electrons. The largest absolute Gasteiger partial charge is 1.00 e. The summed E-state index contributed by atoms with van der Waals surface area (Å²) in [5.41, 5.74) is 0. The van der Waals surface area contributed by atoms with Crippen molar-refractivity contribution in [1.29, 1.82) is 0 Å². The molecule has 2 aromatic heterocycles. The van der Waals surface area contributed by atoms with Gasteiger partial charge in [-0.2, -0.15) is 4.98 Å². The van der Waals surface area contributed by atoms with Crippen LogP contribution in [0.25, 0.3) is 0 Å². The fourth-order valence-corrected chi connectivity index (χ4v) is 1.93. The molecule has 0 amide bonds. The molecular weight excluding hydrogens is 350 g/mol. The third-order valence-corrected chi connectivity index (χ3v) is 3.00. The van der Waals surface area contributed by atoms with Gasteiger partial charge in [0, 0.05) is 31.4 Å². The molecule has 0 bridgehead atoms. The number of halogens is 1. The lowest BCUT2D eigenvalue weighted by atomic mass is 10.2. The second kappa shape index (κ2) is 10.0. The van der Waals surface area contributed by atoms with E-state index in [2.05, 4.69) is 21.6 Å². The van der Waals surface area contributed by atoms with Gasteiger partial charge in [0.2, 0.25) is 5.89 Å². The molecule has 0 aromatic carbocycles. The van der Waals surface area contributed by atoms with Crippen molar-refractivity contribution in [3.63, 3.8) is 0 Å². The Labute approximate surface area is 140 Å². The van der Waals surface area contributed by atoms with Crippen LogP contribution >= 0.6 is 0 Å². The molecule has 0 saturated carbocycles. The molecule has 0 aliphatic carbocycles. The minimum atomic E-state index is 0. The molecule has 2 rings (SSSR count). The molecule has 0 N–H and O–H groups in total. The first kappa shape index (κ1) is 18.3. The van der Waals surface area contributed by atoms with Crippen molar-refractivity contribution < 1.29 is 35.6 Å². The number of pyridine rings is 1. The van der Waals surface area contributed by atoms with Gasteiger partial charge in [0.15, 0.2) is 24.5 Å². The Kier molecular flexibility index (Phi) is 8.35. The Bertz CT molecular complexity index is 544. The average Bonchev–Trinajstić information content (AvgIpc) is 3.00. The van der Waals surface area contributed by atoms with Gasteiger partial charge in [0.25, 0.3) is 0 Å². The van der Waals surface area contributed by atoms with Gasteiger partial charge in [-0.15, -0.1) is 0 Å². The van der Waals surface area contributed by atoms with Gasteiger partial charge in [-0.25, -0.2) is 4.57 Å². The highest BCUT2D eigenvalue weighted by Gasteiger charge is 2.07. The summed E-state index contributed by atoms with van der Waals surface area (Å²) in [6.07, 6.45) is 8.12. The maximum Gasteiger partial charge on any atom is 0.226 e. The highest BCUT2D eigenvalue weighted by Crippen LogP contribution is 2.07. The van der Waals surface area contributed by atoms with Crippen LogP contribution in [-0.2, 0) is 17.8 Å². The summed E-state index contributed by atoms with van der Waals surface area (Å²) in [6, 6.07) is 3.75. The topological polar surface area (TPSA) is 69.1 Å². The van der Waals surface area contributed by atoms with Gasteiger partial charge in [0.1, 0.15) is 18.9 Å². The summed E-state index contributed by atoms with van der Waals surface area (Å²) < 4.78 is 12.4. The van der Waals surface area contributed by atoms with E-state index >= 15 is 0 Å². The number of Topliss-reactive ketones (excluding diaryl/α,β-unsaturated/α-hetero) is 1. The summed E-state index contributed by atoms with van der Waals surface area (Å²) in [5, 5.41) is 3.52. The lowest BCUT2D eigenvalue weighted by Crippen LogP contribution is -3.00. The molecular formula is C15H20BrN3O3. The molecule has 0 aliphatic rings. The third kappa shape index (κ3) is 6.34. The number of carbonyl (C=O) groups is 1. The standard InChI is InChI=1S/C15H20N3O3.BrH/c1-2-8-18-9-6-14(7-10-18)20-11-13(19)4-3-5-15-16-12-17-21-15;/h6-7,9-10,12H,2-5,8,11H2,1H3;1H/q+1;/p-1. The van der Waals surface area contributed by atoms with Crippen LogP contribution in [0.5, 0.6) is 5.75 Å².